The van der Waals surface area contributed by atoms with Crippen LogP contribution in [-0.4, -0.2) is 39.6 Å². The second-order valence-electron chi connectivity index (χ2n) is 6.10. The van der Waals surface area contributed by atoms with Crippen LogP contribution >= 0.6 is 0 Å². The van der Waals surface area contributed by atoms with E-state index < -0.39 is 17.8 Å². The number of amides is 1. The third kappa shape index (κ3) is 3.89. The Balaban J connectivity index is 1.71. The Hall–Kier alpha value is -2.77. The first kappa shape index (κ1) is 18.0. The molecular formula is C18H16F3N3O2. The molecule has 1 saturated heterocycles. The van der Waals surface area contributed by atoms with Crippen LogP contribution in [0.3, 0.4) is 0 Å². The van der Waals surface area contributed by atoms with E-state index in [1.54, 1.807) is 18.2 Å². The van der Waals surface area contributed by atoms with Crippen molar-refractivity contribution >= 4 is 11.7 Å². The second-order valence-corrected chi connectivity index (χ2v) is 6.10. The molecule has 1 aliphatic rings. The summed E-state index contributed by atoms with van der Waals surface area (Å²) >= 11 is 0. The summed E-state index contributed by atoms with van der Waals surface area (Å²) < 4.78 is 37.7. The molecule has 0 aliphatic carbocycles. The minimum absolute atomic E-state index is 0.0731. The minimum atomic E-state index is -4.55. The summed E-state index contributed by atoms with van der Waals surface area (Å²) in [5.74, 6) is -0.927. The molecule has 0 bridgehead atoms. The summed E-state index contributed by atoms with van der Waals surface area (Å²) in [6.45, 7) is 0.668. The van der Waals surface area contributed by atoms with Crippen LogP contribution in [0.15, 0.2) is 42.7 Å². The lowest BCUT2D eigenvalue weighted by Gasteiger charge is -2.32. The Bertz CT molecular complexity index is 792. The van der Waals surface area contributed by atoms with Crippen molar-refractivity contribution in [2.75, 3.05) is 13.1 Å². The van der Waals surface area contributed by atoms with Crippen LogP contribution in [0.2, 0.25) is 0 Å². The van der Waals surface area contributed by atoms with Crippen molar-refractivity contribution in [1.29, 1.82) is 0 Å². The monoisotopic (exact) mass is 363 g/mol. The van der Waals surface area contributed by atoms with E-state index in [0.717, 1.165) is 18.3 Å². The number of carbonyl (C=O) groups is 2. The van der Waals surface area contributed by atoms with Gasteiger partial charge >= 0.3 is 6.18 Å². The molecule has 1 atom stereocenters. The number of Topliss-reactive ketones (excluding diaryl/α,β-unsaturated/α-hetero) is 1. The van der Waals surface area contributed by atoms with Gasteiger partial charge in [0.25, 0.3) is 5.91 Å². The average molecular weight is 363 g/mol. The number of nitrogens with zero attached hydrogens (tertiary/aromatic N) is 3. The maximum atomic E-state index is 12.6. The van der Waals surface area contributed by atoms with Gasteiger partial charge in [0.1, 0.15) is 11.4 Å². The lowest BCUT2D eigenvalue weighted by molar-refractivity contribution is -0.141. The second kappa shape index (κ2) is 7.23. The molecule has 0 saturated carbocycles. The standard InChI is InChI=1S/C18H16F3N3O2/c19-18(20,21)15-7-6-12(10-23-15)17(26)24-9-3-4-13(11-24)16(25)14-5-1-2-8-22-14/h1-2,5-8,10,13H,3-4,9,11H2. The van der Waals surface area contributed by atoms with Gasteiger partial charge in [0, 0.05) is 31.4 Å². The number of pyridine rings is 2. The van der Waals surface area contributed by atoms with E-state index in [0.29, 0.717) is 25.1 Å². The van der Waals surface area contributed by atoms with E-state index in [4.69, 9.17) is 0 Å². The van der Waals surface area contributed by atoms with Crippen molar-refractivity contribution in [1.82, 2.24) is 14.9 Å². The minimum Gasteiger partial charge on any atom is -0.338 e. The van der Waals surface area contributed by atoms with Gasteiger partial charge in [-0.15, -0.1) is 0 Å². The van der Waals surface area contributed by atoms with Crippen LogP contribution in [0, 0.1) is 5.92 Å². The van der Waals surface area contributed by atoms with Gasteiger partial charge in [0.15, 0.2) is 5.78 Å². The lowest BCUT2D eigenvalue weighted by Crippen LogP contribution is -2.42. The quantitative estimate of drug-likeness (QED) is 0.786. The Morgan fingerprint density at radius 1 is 1.12 bits per heavy atom. The summed E-state index contributed by atoms with van der Waals surface area (Å²) in [5, 5.41) is 0. The maximum Gasteiger partial charge on any atom is 0.433 e. The van der Waals surface area contributed by atoms with E-state index in [-0.39, 0.29) is 23.8 Å². The zero-order valence-corrected chi connectivity index (χ0v) is 13.7. The first-order valence-corrected chi connectivity index (χ1v) is 8.14. The highest BCUT2D eigenvalue weighted by molar-refractivity contribution is 5.98. The molecule has 136 valence electrons. The Morgan fingerprint density at radius 3 is 2.54 bits per heavy atom. The number of hydrogen-bond donors (Lipinski definition) is 0. The van der Waals surface area contributed by atoms with E-state index in [1.807, 2.05) is 0 Å². The molecule has 1 amide bonds. The fourth-order valence-electron chi connectivity index (χ4n) is 2.96. The van der Waals surface area contributed by atoms with Crippen LogP contribution in [0.25, 0.3) is 0 Å². The smallest absolute Gasteiger partial charge is 0.338 e. The average Bonchev–Trinajstić information content (AvgIpc) is 2.67. The van der Waals surface area contributed by atoms with Gasteiger partial charge in [-0.25, -0.2) is 0 Å². The Morgan fingerprint density at radius 2 is 1.92 bits per heavy atom. The van der Waals surface area contributed by atoms with Crippen LogP contribution in [-0.2, 0) is 6.18 Å². The van der Waals surface area contributed by atoms with Gasteiger partial charge in [-0.2, -0.15) is 13.2 Å². The lowest BCUT2D eigenvalue weighted by atomic mass is 9.91. The number of likely N-dealkylation sites (tertiary alicyclic amines) is 1. The molecule has 5 nitrogen and oxygen atoms in total. The zero-order valence-electron chi connectivity index (χ0n) is 13.7. The van der Waals surface area contributed by atoms with Gasteiger partial charge in [-0.3, -0.25) is 19.6 Å². The molecule has 0 spiro atoms. The molecule has 0 aromatic carbocycles. The SMILES string of the molecule is O=C(c1ccccn1)C1CCCN(C(=O)c2ccc(C(F)(F)F)nc2)C1. The molecule has 2 aromatic rings. The van der Waals surface area contributed by atoms with Crippen LogP contribution in [0.5, 0.6) is 0 Å². The fraction of sp³-hybridized carbons (Fsp3) is 0.333. The van der Waals surface area contributed by atoms with E-state index in [2.05, 4.69) is 9.97 Å². The molecule has 0 N–H and O–H groups in total. The predicted octanol–water partition coefficient (Wildman–Crippen LogP) is 3.23. The highest BCUT2D eigenvalue weighted by Crippen LogP contribution is 2.27. The number of hydrogen-bond acceptors (Lipinski definition) is 4. The number of piperidine rings is 1. The van der Waals surface area contributed by atoms with Crippen molar-refractivity contribution in [2.24, 2.45) is 5.92 Å². The van der Waals surface area contributed by atoms with Crippen LogP contribution < -0.4 is 0 Å². The van der Waals surface area contributed by atoms with Gasteiger partial charge < -0.3 is 4.90 Å². The fourth-order valence-corrected chi connectivity index (χ4v) is 2.96. The number of aromatic nitrogens is 2. The van der Waals surface area contributed by atoms with Crippen LogP contribution in [0.1, 0.15) is 39.4 Å². The molecule has 8 heteroatoms. The molecule has 2 aromatic heterocycles. The zero-order chi connectivity index (χ0) is 18.7. The first-order valence-electron chi connectivity index (χ1n) is 8.14. The van der Waals surface area contributed by atoms with Crippen LogP contribution in [0.4, 0.5) is 13.2 Å². The molecule has 0 radical (unpaired) electrons. The highest BCUT2D eigenvalue weighted by atomic mass is 19.4. The Labute approximate surface area is 147 Å². The number of carbonyl (C=O) groups excluding carboxylic acids is 2. The Kier molecular flexibility index (Phi) is 5.01. The number of alkyl halides is 3. The molecule has 3 heterocycles. The van der Waals surface area contributed by atoms with E-state index >= 15 is 0 Å². The van der Waals surface area contributed by atoms with E-state index in [9.17, 15) is 22.8 Å². The van der Waals surface area contributed by atoms with E-state index in [1.165, 1.54) is 11.1 Å². The van der Waals surface area contributed by atoms with Crippen molar-refractivity contribution in [3.63, 3.8) is 0 Å². The molecular weight excluding hydrogens is 347 g/mol. The predicted molar refractivity (Wildman–Crippen MR) is 86.4 cm³/mol. The van der Waals surface area contributed by atoms with Crippen molar-refractivity contribution in [2.45, 2.75) is 19.0 Å². The van der Waals surface area contributed by atoms with Crippen molar-refractivity contribution < 1.29 is 22.8 Å². The molecule has 1 unspecified atom stereocenters. The third-order valence-corrected chi connectivity index (χ3v) is 4.30. The molecule has 26 heavy (non-hydrogen) atoms. The number of ketones is 1. The van der Waals surface area contributed by atoms with Gasteiger partial charge in [0.2, 0.25) is 0 Å². The summed E-state index contributed by atoms with van der Waals surface area (Å²) in [6, 6.07) is 6.96. The summed E-state index contributed by atoms with van der Waals surface area (Å²) in [4.78, 5) is 33.9. The number of rotatable bonds is 3. The summed E-state index contributed by atoms with van der Waals surface area (Å²) in [7, 11) is 0. The largest absolute Gasteiger partial charge is 0.433 e. The first-order chi connectivity index (χ1) is 12.4. The number of halogens is 3. The van der Waals surface area contributed by atoms with Gasteiger partial charge in [-0.1, -0.05) is 6.07 Å². The molecule has 3 rings (SSSR count). The topological polar surface area (TPSA) is 63.2 Å². The van der Waals surface area contributed by atoms with Gasteiger partial charge in [0.05, 0.1) is 5.56 Å². The molecule has 1 aliphatic heterocycles. The van der Waals surface area contributed by atoms with Gasteiger partial charge in [-0.05, 0) is 37.1 Å². The summed E-state index contributed by atoms with van der Waals surface area (Å²) in [6.07, 6.45) is -0.803. The molecule has 1 fully saturated rings. The third-order valence-electron chi connectivity index (χ3n) is 4.30. The highest BCUT2D eigenvalue weighted by Gasteiger charge is 2.33. The van der Waals surface area contributed by atoms with Crippen molar-refractivity contribution in [3.05, 3.63) is 59.7 Å². The maximum absolute atomic E-state index is 12.6. The summed E-state index contributed by atoms with van der Waals surface area (Å²) in [5.41, 5.74) is -0.622. The normalized spacial score (nSPS) is 17.8. The van der Waals surface area contributed by atoms with Crippen molar-refractivity contribution in [3.8, 4) is 0 Å².